The minimum atomic E-state index is -3.45. The number of thiazole rings is 1. The molecule has 5 aromatic rings. The molecule has 8 rings (SSSR count). The monoisotopic (exact) mass is 728 g/mol. The normalized spacial score (nSPS) is 19.2. The van der Waals surface area contributed by atoms with Crippen LogP contribution in [0.15, 0.2) is 46.8 Å². The number of hydrogen-bond donors (Lipinski definition) is 2. The molecule has 3 aliphatic rings. The lowest BCUT2D eigenvalue weighted by Gasteiger charge is -2.34. The van der Waals surface area contributed by atoms with Crippen LogP contribution in [0.5, 0.6) is 0 Å². The van der Waals surface area contributed by atoms with E-state index in [1.165, 1.54) is 23.1 Å². The topological polar surface area (TPSA) is 102 Å². The van der Waals surface area contributed by atoms with Crippen molar-refractivity contribution in [2.75, 3.05) is 6.26 Å². The minimum absolute atomic E-state index is 0.153. The van der Waals surface area contributed by atoms with Gasteiger partial charge in [-0.25, -0.2) is 27.5 Å². The molecule has 1 fully saturated rings. The van der Waals surface area contributed by atoms with Gasteiger partial charge in [-0.1, -0.05) is 23.9 Å². The van der Waals surface area contributed by atoms with Crippen LogP contribution in [-0.2, 0) is 30.2 Å². The van der Waals surface area contributed by atoms with Crippen LogP contribution < -0.4 is 10.6 Å². The quantitative estimate of drug-likeness (QED) is 0.121. The number of carbonyl (C=O) groups excluding carboxylic acids is 2. The average molecular weight is 729 g/mol. The largest absolute Gasteiger partial charge is 0.348 e. The molecule has 3 aromatic heterocycles. The second kappa shape index (κ2) is 12.1. The van der Waals surface area contributed by atoms with E-state index < -0.39 is 65.7 Å². The summed E-state index contributed by atoms with van der Waals surface area (Å²) in [4.78, 5) is 35.8. The maximum atomic E-state index is 15.5. The van der Waals surface area contributed by atoms with Gasteiger partial charge in [-0.15, -0.1) is 11.3 Å². The van der Waals surface area contributed by atoms with Crippen molar-refractivity contribution in [2.45, 2.75) is 61.0 Å². The van der Waals surface area contributed by atoms with Crippen molar-refractivity contribution in [2.24, 2.45) is 5.92 Å². The highest BCUT2D eigenvalue weighted by molar-refractivity contribution is 8.00. The molecule has 50 heavy (non-hydrogen) atoms. The molecule has 2 aliphatic carbocycles. The molecular weight excluding hydrogens is 703 g/mol. The molecule has 3 atom stereocenters. The summed E-state index contributed by atoms with van der Waals surface area (Å²) < 4.78 is 89.9. The SMILES string of the molecule is CSc1nc2nc(C(Cc3cc(F)cc(F)c3)NC(=O)Cn3nc(C(F)F)c4c3C(F)(F)[C@@H]3CC[C@H]43)c(-c3ccc4c(c3)C(=O)NC4)cc2s1. The van der Waals surface area contributed by atoms with Crippen molar-refractivity contribution in [3.8, 4) is 11.1 Å². The molecule has 0 spiro atoms. The second-order valence-corrected chi connectivity index (χ2v) is 14.7. The molecule has 16 heteroatoms. The van der Waals surface area contributed by atoms with Gasteiger partial charge >= 0.3 is 0 Å². The number of rotatable bonds is 9. The third kappa shape index (κ3) is 5.43. The summed E-state index contributed by atoms with van der Waals surface area (Å²) in [6, 6.07) is 8.85. The van der Waals surface area contributed by atoms with Crippen molar-refractivity contribution in [3.05, 3.63) is 93.4 Å². The Kier molecular flexibility index (Phi) is 7.93. The van der Waals surface area contributed by atoms with Gasteiger partial charge in [0.15, 0.2) is 9.99 Å². The highest BCUT2D eigenvalue weighted by Gasteiger charge is 2.62. The number of carbonyl (C=O) groups is 2. The summed E-state index contributed by atoms with van der Waals surface area (Å²) in [6.45, 7) is -0.457. The van der Waals surface area contributed by atoms with Gasteiger partial charge in [0.05, 0.1) is 16.4 Å². The van der Waals surface area contributed by atoms with E-state index >= 15 is 8.78 Å². The first-order valence-corrected chi connectivity index (χ1v) is 17.7. The predicted octanol–water partition coefficient (Wildman–Crippen LogP) is 7.44. The summed E-state index contributed by atoms with van der Waals surface area (Å²) in [5.74, 6) is -8.17. The van der Waals surface area contributed by atoms with E-state index in [-0.39, 0.29) is 35.6 Å². The zero-order chi connectivity index (χ0) is 35.1. The van der Waals surface area contributed by atoms with Gasteiger partial charge in [-0.3, -0.25) is 14.3 Å². The Hall–Kier alpha value is -4.44. The van der Waals surface area contributed by atoms with Crippen LogP contribution in [-0.4, -0.2) is 37.8 Å². The molecule has 0 radical (unpaired) electrons. The van der Waals surface area contributed by atoms with Crippen molar-refractivity contribution in [1.82, 2.24) is 30.4 Å². The molecule has 2 N–H and O–H groups in total. The number of benzene rings is 2. The Labute approximate surface area is 288 Å². The van der Waals surface area contributed by atoms with Crippen LogP contribution in [0.4, 0.5) is 26.3 Å². The number of halogens is 6. The van der Waals surface area contributed by atoms with E-state index in [9.17, 15) is 27.2 Å². The van der Waals surface area contributed by atoms with Crippen LogP contribution in [0, 0.1) is 17.6 Å². The first kappa shape index (κ1) is 32.7. The Bertz CT molecular complexity index is 2200. The molecule has 2 amide bonds. The van der Waals surface area contributed by atoms with E-state index in [2.05, 4.69) is 20.7 Å². The number of hydrogen-bond acceptors (Lipinski definition) is 7. The van der Waals surface area contributed by atoms with Gasteiger partial charge in [0.2, 0.25) is 5.91 Å². The summed E-state index contributed by atoms with van der Waals surface area (Å²) in [5, 5.41) is 9.34. The van der Waals surface area contributed by atoms with Crippen LogP contribution >= 0.6 is 23.1 Å². The van der Waals surface area contributed by atoms with E-state index in [1.54, 1.807) is 24.3 Å². The predicted molar refractivity (Wildman–Crippen MR) is 173 cm³/mol. The fraction of sp³-hybridized carbons (Fsp3) is 0.324. The molecule has 258 valence electrons. The highest BCUT2D eigenvalue weighted by atomic mass is 32.2. The van der Waals surface area contributed by atoms with Crippen LogP contribution in [0.2, 0.25) is 0 Å². The first-order valence-electron chi connectivity index (χ1n) is 15.7. The number of aromatic nitrogens is 4. The number of alkyl halides is 4. The smallest absolute Gasteiger partial charge is 0.293 e. The van der Waals surface area contributed by atoms with Gasteiger partial charge in [-0.2, -0.15) is 13.9 Å². The van der Waals surface area contributed by atoms with Crippen LogP contribution in [0.3, 0.4) is 0 Å². The average Bonchev–Trinajstić information content (AvgIpc) is 3.76. The van der Waals surface area contributed by atoms with Gasteiger partial charge in [0, 0.05) is 35.2 Å². The van der Waals surface area contributed by atoms with Gasteiger partial charge in [-0.05, 0) is 72.4 Å². The van der Waals surface area contributed by atoms with Crippen LogP contribution in [0.1, 0.15) is 75.4 Å². The van der Waals surface area contributed by atoms with Crippen molar-refractivity contribution in [1.29, 1.82) is 0 Å². The van der Waals surface area contributed by atoms with E-state index in [4.69, 9.17) is 4.98 Å². The summed E-state index contributed by atoms with van der Waals surface area (Å²) in [6.07, 6.45) is -0.968. The summed E-state index contributed by atoms with van der Waals surface area (Å²) >= 11 is 2.78. The molecule has 1 aliphatic heterocycles. The van der Waals surface area contributed by atoms with Crippen molar-refractivity contribution < 1.29 is 35.9 Å². The van der Waals surface area contributed by atoms with Crippen LogP contribution in [0.25, 0.3) is 21.5 Å². The molecule has 1 unspecified atom stereocenters. The summed E-state index contributed by atoms with van der Waals surface area (Å²) in [7, 11) is 0. The lowest BCUT2D eigenvalue weighted by Crippen LogP contribution is -2.36. The molecule has 0 saturated heterocycles. The summed E-state index contributed by atoms with van der Waals surface area (Å²) in [5.41, 5.74) is 1.39. The number of fused-ring (bicyclic) bond motifs is 5. The van der Waals surface area contributed by atoms with Gasteiger partial charge < -0.3 is 10.6 Å². The van der Waals surface area contributed by atoms with Crippen molar-refractivity contribution in [3.63, 3.8) is 0 Å². The minimum Gasteiger partial charge on any atom is -0.348 e. The second-order valence-electron chi connectivity index (χ2n) is 12.6. The lowest BCUT2D eigenvalue weighted by molar-refractivity contribution is -0.123. The van der Waals surface area contributed by atoms with Gasteiger partial charge in [0.25, 0.3) is 18.3 Å². The zero-order valence-corrected chi connectivity index (χ0v) is 27.7. The number of nitrogens with zero attached hydrogens (tertiary/aromatic N) is 4. The van der Waals surface area contributed by atoms with E-state index in [0.717, 1.165) is 17.7 Å². The maximum absolute atomic E-state index is 15.5. The third-order valence-corrected chi connectivity index (χ3v) is 11.6. The Balaban J connectivity index is 1.23. The number of nitrogens with one attached hydrogen (secondary N) is 2. The fourth-order valence-electron chi connectivity index (χ4n) is 7.32. The standard InChI is InChI=1S/C34H26F6N6O2S2/c1-49-33-44-31-24(50-33)11-20(15-2-3-16-12-41-32(48)21(16)9-15)27(43-31)23(8-14-6-17(35)10-18(36)7-14)42-25(47)13-46-29-26(28(45-46)30(37)38)19-4-5-22(19)34(29,39)40/h2-3,6-7,9-11,19,22-23,30H,4-5,8,12-13H2,1H3,(H,41,48)(H,42,47)/t19-,22+,23?/m0/s1. The molecular formula is C34H26F6N6O2S2. The highest BCUT2D eigenvalue weighted by Crippen LogP contribution is 2.63. The maximum Gasteiger partial charge on any atom is 0.293 e. The molecule has 4 heterocycles. The lowest BCUT2D eigenvalue weighted by atomic mass is 9.73. The Morgan fingerprint density at radius 1 is 1.08 bits per heavy atom. The number of thioether (sulfide) groups is 1. The van der Waals surface area contributed by atoms with E-state index in [1.807, 2.05) is 6.26 Å². The first-order chi connectivity index (χ1) is 23.9. The molecule has 8 nitrogen and oxygen atoms in total. The fourth-order valence-corrected chi connectivity index (χ4v) is 8.78. The Morgan fingerprint density at radius 3 is 2.56 bits per heavy atom. The third-order valence-electron chi connectivity index (χ3n) is 9.64. The van der Waals surface area contributed by atoms with E-state index in [0.29, 0.717) is 55.1 Å². The molecule has 2 aromatic carbocycles. The van der Waals surface area contributed by atoms with Gasteiger partial charge in [0.1, 0.15) is 29.6 Å². The number of pyridine rings is 1. The molecule has 1 saturated carbocycles. The van der Waals surface area contributed by atoms with Crippen molar-refractivity contribution >= 4 is 45.3 Å². The zero-order valence-electron chi connectivity index (χ0n) is 26.1. The number of amides is 2. The Morgan fingerprint density at radius 2 is 1.86 bits per heavy atom. The molecule has 0 bridgehead atoms.